The van der Waals surface area contributed by atoms with Gasteiger partial charge in [0.25, 0.3) is 0 Å². The molecule has 0 saturated carbocycles. The average molecular weight is 232 g/mol. The number of esters is 1. The molecule has 88 valence electrons. The first kappa shape index (κ1) is 11.1. The van der Waals surface area contributed by atoms with Crippen molar-refractivity contribution in [3.8, 4) is 0 Å². The molecule has 0 radical (unpaired) electrons. The van der Waals surface area contributed by atoms with E-state index in [-0.39, 0.29) is 0 Å². The molecule has 0 fully saturated rings. The number of hydrogen-bond acceptors (Lipinski definition) is 5. The lowest BCUT2D eigenvalue weighted by Gasteiger charge is -1.96. The molecule has 0 bridgehead atoms. The molecule has 2 rings (SSSR count). The smallest absolute Gasteiger partial charge is 0.330 e. The van der Waals surface area contributed by atoms with Gasteiger partial charge in [0.05, 0.1) is 12.5 Å². The molecule has 2 N–H and O–H groups in total. The Morgan fingerprint density at radius 1 is 1.53 bits per heavy atom. The van der Waals surface area contributed by atoms with Crippen LogP contribution in [0.3, 0.4) is 0 Å². The zero-order valence-electron chi connectivity index (χ0n) is 9.54. The van der Waals surface area contributed by atoms with E-state index in [2.05, 4.69) is 14.7 Å². The monoisotopic (exact) mass is 232 g/mol. The summed E-state index contributed by atoms with van der Waals surface area (Å²) < 4.78 is 6.35. The van der Waals surface area contributed by atoms with Crippen LogP contribution in [0.4, 0.5) is 5.82 Å². The number of nitrogen functional groups attached to an aromatic ring is 1. The van der Waals surface area contributed by atoms with Gasteiger partial charge in [0.2, 0.25) is 0 Å². The maximum absolute atomic E-state index is 11.0. The number of aromatic nitrogens is 3. The van der Waals surface area contributed by atoms with Crippen LogP contribution >= 0.6 is 0 Å². The summed E-state index contributed by atoms with van der Waals surface area (Å²) in [5.41, 5.74) is 7.30. The van der Waals surface area contributed by atoms with Crippen LogP contribution in [0.15, 0.2) is 18.6 Å². The topological polar surface area (TPSA) is 83.0 Å². The van der Waals surface area contributed by atoms with Crippen molar-refractivity contribution >= 4 is 28.9 Å². The minimum absolute atomic E-state index is 0.389. The van der Waals surface area contributed by atoms with Crippen molar-refractivity contribution in [2.75, 3.05) is 12.8 Å². The SMILES string of the molecule is COC(=O)/C=C/c1cn(C)c2ncnc(N)c12. The molecule has 0 aliphatic rings. The molecule has 2 heterocycles. The summed E-state index contributed by atoms with van der Waals surface area (Å²) in [6, 6.07) is 0. The van der Waals surface area contributed by atoms with Gasteiger partial charge in [0.1, 0.15) is 17.8 Å². The Morgan fingerprint density at radius 2 is 2.29 bits per heavy atom. The third-order valence-electron chi connectivity index (χ3n) is 2.41. The Hall–Kier alpha value is -2.37. The maximum atomic E-state index is 11.0. The van der Waals surface area contributed by atoms with Crippen molar-refractivity contribution in [1.82, 2.24) is 14.5 Å². The number of carbonyl (C=O) groups excluding carboxylic acids is 1. The second-order valence-electron chi connectivity index (χ2n) is 3.51. The number of ether oxygens (including phenoxy) is 1. The summed E-state index contributed by atoms with van der Waals surface area (Å²) in [7, 11) is 3.18. The molecule has 0 saturated heterocycles. The second-order valence-corrected chi connectivity index (χ2v) is 3.51. The minimum atomic E-state index is -0.419. The van der Waals surface area contributed by atoms with Gasteiger partial charge in [0, 0.05) is 24.9 Å². The van der Waals surface area contributed by atoms with Gasteiger partial charge in [-0.15, -0.1) is 0 Å². The van der Waals surface area contributed by atoms with Crippen LogP contribution in [0.5, 0.6) is 0 Å². The van der Waals surface area contributed by atoms with Crippen molar-refractivity contribution in [1.29, 1.82) is 0 Å². The summed E-state index contributed by atoms with van der Waals surface area (Å²) >= 11 is 0. The highest BCUT2D eigenvalue weighted by atomic mass is 16.5. The van der Waals surface area contributed by atoms with Crippen LogP contribution in [0, 0.1) is 0 Å². The van der Waals surface area contributed by atoms with Crippen molar-refractivity contribution in [3.63, 3.8) is 0 Å². The maximum Gasteiger partial charge on any atom is 0.330 e. The third-order valence-corrected chi connectivity index (χ3v) is 2.41. The molecule has 0 aliphatic heterocycles. The Labute approximate surface area is 97.7 Å². The molecule has 6 nitrogen and oxygen atoms in total. The standard InChI is InChI=1S/C11H12N4O2/c1-15-5-7(3-4-8(16)17-2)9-10(12)13-6-14-11(9)15/h3-6H,1-2H3,(H2,12,13,14)/b4-3+. The predicted octanol–water partition coefficient (Wildman–Crippen LogP) is 0.737. The van der Waals surface area contributed by atoms with Crippen LogP contribution < -0.4 is 5.73 Å². The van der Waals surface area contributed by atoms with Gasteiger partial charge in [-0.1, -0.05) is 0 Å². The molecule has 2 aromatic rings. The number of nitrogens with two attached hydrogens (primary N) is 1. The van der Waals surface area contributed by atoms with Crippen LogP contribution in [0.1, 0.15) is 5.56 Å². The number of carbonyl (C=O) groups is 1. The summed E-state index contributed by atoms with van der Waals surface area (Å²) in [6.07, 6.45) is 6.20. The van der Waals surface area contributed by atoms with Crippen LogP contribution in [-0.2, 0) is 16.6 Å². The molecule has 0 unspecified atom stereocenters. The Kier molecular flexibility index (Phi) is 2.78. The van der Waals surface area contributed by atoms with Crippen molar-refractivity contribution < 1.29 is 9.53 Å². The number of nitrogens with zero attached hydrogens (tertiary/aromatic N) is 3. The number of rotatable bonds is 2. The Bertz CT molecular complexity index is 601. The number of fused-ring (bicyclic) bond motifs is 1. The molecule has 0 spiro atoms. The van der Waals surface area contributed by atoms with Gasteiger partial charge in [-0.05, 0) is 6.08 Å². The third kappa shape index (κ3) is 1.96. The highest BCUT2D eigenvalue weighted by molar-refractivity contribution is 5.97. The van der Waals surface area contributed by atoms with E-state index in [0.717, 1.165) is 16.6 Å². The largest absolute Gasteiger partial charge is 0.466 e. The van der Waals surface area contributed by atoms with Crippen molar-refractivity contribution in [2.24, 2.45) is 7.05 Å². The number of methoxy groups -OCH3 is 1. The molecular formula is C11H12N4O2. The van der Waals surface area contributed by atoms with E-state index in [1.807, 2.05) is 17.8 Å². The molecule has 6 heteroatoms. The van der Waals surface area contributed by atoms with Gasteiger partial charge in [-0.3, -0.25) is 0 Å². The summed E-state index contributed by atoms with van der Waals surface area (Å²) in [5, 5.41) is 0.732. The van der Waals surface area contributed by atoms with E-state index < -0.39 is 5.97 Å². The van der Waals surface area contributed by atoms with Gasteiger partial charge in [-0.25, -0.2) is 14.8 Å². The molecular weight excluding hydrogens is 220 g/mol. The first-order valence-electron chi connectivity index (χ1n) is 4.95. The van der Waals surface area contributed by atoms with Gasteiger partial charge < -0.3 is 15.0 Å². The molecule has 0 amide bonds. The number of aryl methyl sites for hydroxylation is 1. The zero-order chi connectivity index (χ0) is 12.4. The normalized spacial score (nSPS) is 11.2. The lowest BCUT2D eigenvalue weighted by Crippen LogP contribution is -1.95. The lowest BCUT2D eigenvalue weighted by molar-refractivity contribution is -0.134. The highest BCUT2D eigenvalue weighted by Gasteiger charge is 2.09. The molecule has 0 atom stereocenters. The van der Waals surface area contributed by atoms with Gasteiger partial charge in [-0.2, -0.15) is 0 Å². The second kappa shape index (κ2) is 4.25. The van der Waals surface area contributed by atoms with E-state index in [4.69, 9.17) is 5.73 Å². The van der Waals surface area contributed by atoms with E-state index in [0.29, 0.717) is 5.82 Å². The van der Waals surface area contributed by atoms with E-state index in [1.54, 1.807) is 6.08 Å². The average Bonchev–Trinajstić information content (AvgIpc) is 2.65. The Morgan fingerprint density at radius 3 is 3.00 bits per heavy atom. The fourth-order valence-corrected chi connectivity index (χ4v) is 1.62. The molecule has 0 aliphatic carbocycles. The van der Waals surface area contributed by atoms with Crippen LogP contribution in [0.2, 0.25) is 0 Å². The molecule has 17 heavy (non-hydrogen) atoms. The zero-order valence-corrected chi connectivity index (χ0v) is 9.54. The van der Waals surface area contributed by atoms with Crippen molar-refractivity contribution in [2.45, 2.75) is 0 Å². The quantitative estimate of drug-likeness (QED) is 0.609. The first-order valence-corrected chi connectivity index (χ1v) is 4.95. The van der Waals surface area contributed by atoms with Gasteiger partial charge in [0.15, 0.2) is 0 Å². The summed E-state index contributed by atoms with van der Waals surface area (Å²) in [6.45, 7) is 0. The summed E-state index contributed by atoms with van der Waals surface area (Å²) in [5.74, 6) is -0.0301. The minimum Gasteiger partial charge on any atom is -0.466 e. The lowest BCUT2D eigenvalue weighted by atomic mass is 10.2. The van der Waals surface area contributed by atoms with Gasteiger partial charge >= 0.3 is 5.97 Å². The van der Waals surface area contributed by atoms with Crippen LogP contribution in [-0.4, -0.2) is 27.6 Å². The highest BCUT2D eigenvalue weighted by Crippen LogP contribution is 2.23. The predicted molar refractivity (Wildman–Crippen MR) is 64.0 cm³/mol. The van der Waals surface area contributed by atoms with E-state index in [9.17, 15) is 4.79 Å². The molecule has 2 aromatic heterocycles. The molecule has 0 aromatic carbocycles. The fourth-order valence-electron chi connectivity index (χ4n) is 1.62. The number of anilines is 1. The van der Waals surface area contributed by atoms with Crippen LogP contribution in [0.25, 0.3) is 17.1 Å². The van der Waals surface area contributed by atoms with Crippen molar-refractivity contribution in [3.05, 3.63) is 24.2 Å². The number of hydrogen-bond donors (Lipinski definition) is 1. The summed E-state index contributed by atoms with van der Waals surface area (Å²) in [4.78, 5) is 19.1. The van der Waals surface area contributed by atoms with E-state index in [1.165, 1.54) is 19.5 Å². The first-order chi connectivity index (χ1) is 8.13. The van der Waals surface area contributed by atoms with E-state index >= 15 is 0 Å². The fraction of sp³-hybridized carbons (Fsp3) is 0.182. The Balaban J connectivity index is 2.55.